The third-order valence-electron chi connectivity index (χ3n) is 3.73. The average molecular weight is 350 g/mol. The van der Waals surface area contributed by atoms with Crippen LogP contribution in [0.15, 0.2) is 53.1 Å². The van der Waals surface area contributed by atoms with Crippen LogP contribution in [0.4, 0.5) is 0 Å². The predicted octanol–water partition coefficient (Wildman–Crippen LogP) is 1.96. The molecule has 0 aliphatic carbocycles. The monoisotopic (exact) mass is 350 g/mol. The normalized spacial score (nSPS) is 13.0. The van der Waals surface area contributed by atoms with Gasteiger partial charge in [0, 0.05) is 20.0 Å². The molecule has 1 N–H and O–H groups in total. The Kier molecular flexibility index (Phi) is 6.16. The fraction of sp³-hybridized carbons (Fsp3) is 0.353. The van der Waals surface area contributed by atoms with E-state index in [-0.39, 0.29) is 5.91 Å². The second kappa shape index (κ2) is 8.12. The van der Waals surface area contributed by atoms with Crippen LogP contribution >= 0.6 is 0 Å². The molecule has 0 fully saturated rings. The summed E-state index contributed by atoms with van der Waals surface area (Å²) in [7, 11) is -2.09. The first-order valence-electron chi connectivity index (χ1n) is 7.67. The van der Waals surface area contributed by atoms with E-state index in [0.717, 1.165) is 16.3 Å². The number of nitrogens with one attached hydrogen (secondary N) is 1. The van der Waals surface area contributed by atoms with Crippen LogP contribution in [-0.4, -0.2) is 38.5 Å². The maximum absolute atomic E-state index is 12.6. The van der Waals surface area contributed by atoms with Crippen LogP contribution in [0.25, 0.3) is 0 Å². The van der Waals surface area contributed by atoms with Crippen LogP contribution in [0.1, 0.15) is 23.8 Å². The Morgan fingerprint density at radius 3 is 2.50 bits per heavy atom. The SMILES string of the molecule is CN([C@@H](C(=O)NCCCc1ccco1)c1ccccc1)S(C)(=O)=O. The molecule has 0 aliphatic rings. The Morgan fingerprint density at radius 1 is 1.21 bits per heavy atom. The van der Waals surface area contributed by atoms with Gasteiger partial charge in [0.2, 0.25) is 15.9 Å². The molecular weight excluding hydrogens is 328 g/mol. The van der Waals surface area contributed by atoms with Crippen molar-refractivity contribution in [1.82, 2.24) is 9.62 Å². The van der Waals surface area contributed by atoms with Crippen molar-refractivity contribution in [3.63, 3.8) is 0 Å². The summed E-state index contributed by atoms with van der Waals surface area (Å²) in [6.45, 7) is 0.445. The van der Waals surface area contributed by atoms with Crippen LogP contribution in [0.3, 0.4) is 0 Å². The van der Waals surface area contributed by atoms with Crippen molar-refractivity contribution in [2.75, 3.05) is 19.8 Å². The van der Waals surface area contributed by atoms with Crippen molar-refractivity contribution in [1.29, 1.82) is 0 Å². The summed E-state index contributed by atoms with van der Waals surface area (Å²) in [5, 5.41) is 2.81. The van der Waals surface area contributed by atoms with Crippen molar-refractivity contribution in [3.05, 3.63) is 60.1 Å². The topological polar surface area (TPSA) is 79.6 Å². The summed E-state index contributed by atoms with van der Waals surface area (Å²) in [6, 6.07) is 11.7. The number of carbonyl (C=O) groups is 1. The highest BCUT2D eigenvalue weighted by Gasteiger charge is 2.30. The smallest absolute Gasteiger partial charge is 0.242 e. The number of hydrogen-bond acceptors (Lipinski definition) is 4. The molecule has 7 heteroatoms. The van der Waals surface area contributed by atoms with Gasteiger partial charge < -0.3 is 9.73 Å². The zero-order valence-corrected chi connectivity index (χ0v) is 14.6. The minimum atomic E-state index is -3.50. The molecule has 0 spiro atoms. The minimum Gasteiger partial charge on any atom is -0.469 e. The van der Waals surface area contributed by atoms with Crippen molar-refractivity contribution in [2.24, 2.45) is 0 Å². The van der Waals surface area contributed by atoms with Crippen LogP contribution in [-0.2, 0) is 21.2 Å². The summed E-state index contributed by atoms with van der Waals surface area (Å²) in [4.78, 5) is 12.6. The van der Waals surface area contributed by atoms with E-state index in [1.54, 1.807) is 30.5 Å². The summed E-state index contributed by atoms with van der Waals surface area (Å²) < 4.78 is 30.1. The standard InChI is InChI=1S/C17H22N2O4S/c1-19(24(2,21)22)16(14-8-4-3-5-9-14)17(20)18-12-6-10-15-11-7-13-23-15/h3-5,7-9,11,13,16H,6,10,12H2,1-2H3,(H,18,20)/t16-/m1/s1. The molecule has 24 heavy (non-hydrogen) atoms. The first-order chi connectivity index (χ1) is 11.4. The van der Waals surface area contributed by atoms with E-state index in [1.165, 1.54) is 7.05 Å². The molecule has 1 aromatic heterocycles. The van der Waals surface area contributed by atoms with Gasteiger partial charge in [-0.25, -0.2) is 8.42 Å². The van der Waals surface area contributed by atoms with Gasteiger partial charge in [-0.3, -0.25) is 4.79 Å². The van der Waals surface area contributed by atoms with E-state index in [9.17, 15) is 13.2 Å². The van der Waals surface area contributed by atoms with E-state index in [4.69, 9.17) is 4.42 Å². The van der Waals surface area contributed by atoms with E-state index >= 15 is 0 Å². The number of amides is 1. The second-order valence-corrected chi connectivity index (χ2v) is 7.61. The third-order valence-corrected chi connectivity index (χ3v) is 4.99. The fourth-order valence-electron chi connectivity index (χ4n) is 2.38. The molecule has 6 nitrogen and oxygen atoms in total. The van der Waals surface area contributed by atoms with Crippen molar-refractivity contribution < 1.29 is 17.6 Å². The maximum atomic E-state index is 12.6. The molecule has 1 atom stereocenters. The van der Waals surface area contributed by atoms with Crippen molar-refractivity contribution in [3.8, 4) is 0 Å². The molecule has 2 aromatic rings. The molecule has 2 rings (SSSR count). The molecule has 0 radical (unpaired) electrons. The van der Waals surface area contributed by atoms with Gasteiger partial charge in [0.25, 0.3) is 0 Å². The quantitative estimate of drug-likeness (QED) is 0.738. The fourth-order valence-corrected chi connectivity index (χ4v) is 2.98. The molecule has 130 valence electrons. The summed E-state index contributed by atoms with van der Waals surface area (Å²) in [6.07, 6.45) is 4.13. The molecule has 0 saturated carbocycles. The first kappa shape index (κ1) is 18.2. The lowest BCUT2D eigenvalue weighted by Gasteiger charge is -2.25. The number of hydrogen-bond donors (Lipinski definition) is 1. The number of carbonyl (C=O) groups excluding carboxylic acids is 1. The summed E-state index contributed by atoms with van der Waals surface area (Å²) in [5.41, 5.74) is 0.633. The molecule has 1 amide bonds. The molecule has 0 saturated heterocycles. The lowest BCUT2D eigenvalue weighted by atomic mass is 10.1. The number of likely N-dealkylation sites (N-methyl/N-ethyl adjacent to an activating group) is 1. The summed E-state index contributed by atoms with van der Waals surface area (Å²) >= 11 is 0. The van der Waals surface area contributed by atoms with Gasteiger partial charge in [0.15, 0.2) is 0 Å². The highest BCUT2D eigenvalue weighted by atomic mass is 32.2. The minimum absolute atomic E-state index is 0.339. The lowest BCUT2D eigenvalue weighted by Crippen LogP contribution is -2.41. The van der Waals surface area contributed by atoms with Gasteiger partial charge in [-0.2, -0.15) is 4.31 Å². The number of sulfonamides is 1. The number of nitrogens with zero attached hydrogens (tertiary/aromatic N) is 1. The van der Waals surface area contributed by atoms with E-state index < -0.39 is 16.1 Å². The van der Waals surface area contributed by atoms with Gasteiger partial charge in [-0.1, -0.05) is 30.3 Å². The van der Waals surface area contributed by atoms with Crippen LogP contribution < -0.4 is 5.32 Å². The average Bonchev–Trinajstić information content (AvgIpc) is 3.05. The van der Waals surface area contributed by atoms with Gasteiger partial charge >= 0.3 is 0 Å². The Bertz CT molecular complexity index is 742. The van der Waals surface area contributed by atoms with Crippen LogP contribution in [0.2, 0.25) is 0 Å². The van der Waals surface area contributed by atoms with E-state index in [0.29, 0.717) is 24.9 Å². The van der Waals surface area contributed by atoms with Crippen LogP contribution in [0.5, 0.6) is 0 Å². The Morgan fingerprint density at radius 2 is 1.92 bits per heavy atom. The molecular formula is C17H22N2O4S. The van der Waals surface area contributed by atoms with Crippen LogP contribution in [0, 0.1) is 0 Å². The van der Waals surface area contributed by atoms with Crippen molar-refractivity contribution >= 4 is 15.9 Å². The number of furan rings is 1. The molecule has 0 aliphatic heterocycles. The molecule has 0 unspecified atom stereocenters. The lowest BCUT2D eigenvalue weighted by molar-refractivity contribution is -0.124. The number of rotatable bonds is 8. The third kappa shape index (κ3) is 4.94. The van der Waals surface area contributed by atoms with Gasteiger partial charge in [-0.15, -0.1) is 0 Å². The summed E-state index contributed by atoms with van der Waals surface area (Å²) in [5.74, 6) is 0.519. The zero-order valence-electron chi connectivity index (χ0n) is 13.8. The number of benzene rings is 1. The zero-order chi connectivity index (χ0) is 17.6. The number of aryl methyl sites for hydroxylation is 1. The van der Waals surface area contributed by atoms with E-state index in [2.05, 4.69) is 5.32 Å². The van der Waals surface area contributed by atoms with Gasteiger partial charge in [-0.05, 0) is 24.1 Å². The largest absolute Gasteiger partial charge is 0.469 e. The van der Waals surface area contributed by atoms with Crippen molar-refractivity contribution in [2.45, 2.75) is 18.9 Å². The maximum Gasteiger partial charge on any atom is 0.242 e. The Hall–Kier alpha value is -2.12. The second-order valence-electron chi connectivity index (χ2n) is 5.57. The predicted molar refractivity (Wildman–Crippen MR) is 91.8 cm³/mol. The Balaban J connectivity index is 2.02. The first-order valence-corrected chi connectivity index (χ1v) is 9.52. The highest BCUT2D eigenvalue weighted by molar-refractivity contribution is 7.88. The molecule has 1 aromatic carbocycles. The highest BCUT2D eigenvalue weighted by Crippen LogP contribution is 2.21. The van der Waals surface area contributed by atoms with Gasteiger partial charge in [0.05, 0.1) is 12.5 Å². The van der Waals surface area contributed by atoms with Gasteiger partial charge in [0.1, 0.15) is 11.8 Å². The molecule has 1 heterocycles. The molecule has 0 bridgehead atoms. The Labute approximate surface area is 142 Å². The van der Waals surface area contributed by atoms with E-state index in [1.807, 2.05) is 18.2 Å².